The minimum Gasteiger partial charge on any atom is -0.494 e. The first-order valence-electron chi connectivity index (χ1n) is 16.5. The maximum atomic E-state index is 13.8. The fraction of sp³-hybridized carbons (Fsp3) is 0.405. The molecule has 46 heavy (non-hydrogen) atoms. The summed E-state index contributed by atoms with van der Waals surface area (Å²) >= 11 is 0. The first-order valence-corrected chi connectivity index (χ1v) is 16.5. The van der Waals surface area contributed by atoms with Crippen LogP contribution < -0.4 is 10.1 Å². The highest BCUT2D eigenvalue weighted by Gasteiger charge is 2.46. The van der Waals surface area contributed by atoms with E-state index in [-0.39, 0.29) is 11.8 Å². The summed E-state index contributed by atoms with van der Waals surface area (Å²) in [6.45, 7) is 6.04. The number of aromatic nitrogens is 4. The molecule has 3 unspecified atom stereocenters. The molecule has 3 fully saturated rings. The minimum absolute atomic E-state index is 0.0419. The zero-order valence-corrected chi connectivity index (χ0v) is 26.9. The lowest BCUT2D eigenvalue weighted by molar-refractivity contribution is -0.119. The Morgan fingerprint density at radius 2 is 1.80 bits per heavy atom. The lowest BCUT2D eigenvalue weighted by Gasteiger charge is -2.27. The zero-order valence-electron chi connectivity index (χ0n) is 26.9. The number of methoxy groups -OCH3 is 1. The van der Waals surface area contributed by atoms with Gasteiger partial charge in [-0.3, -0.25) is 9.59 Å². The Hall–Kier alpha value is -4.66. The second-order valence-electron chi connectivity index (χ2n) is 13.6. The smallest absolute Gasteiger partial charge is 0.254 e. The van der Waals surface area contributed by atoms with E-state index >= 15 is 0 Å². The van der Waals surface area contributed by atoms with Crippen LogP contribution in [0.1, 0.15) is 55.5 Å². The molecule has 2 aromatic carbocycles. The van der Waals surface area contributed by atoms with Crippen molar-refractivity contribution in [2.45, 2.75) is 58.7 Å². The fourth-order valence-corrected chi connectivity index (χ4v) is 7.76. The molecular formula is C37H40N6O3. The van der Waals surface area contributed by atoms with E-state index in [1.54, 1.807) is 7.11 Å². The van der Waals surface area contributed by atoms with Crippen molar-refractivity contribution in [2.75, 3.05) is 13.7 Å². The molecule has 236 valence electrons. The Morgan fingerprint density at radius 3 is 2.48 bits per heavy atom. The van der Waals surface area contributed by atoms with Gasteiger partial charge in [-0.2, -0.15) is 0 Å². The standard InChI is InChI=1S/C37H40N6O3/c1-21-27-12-14-31(21)43(20-27)37(45)28-15-30-34(33(17-28)46-4)41(3)36(40-30)32-16-26-11-13-29(39-35(26)42(32)19-24-5-6-24)25-9-7-23(8-10-25)18-38-22(2)44/h7-11,13,15-17,21,24,27,31H,5-6,12,14,18-20H2,1-4H3,(H,38,44). The molecule has 9 nitrogen and oxygen atoms in total. The van der Waals surface area contributed by atoms with Gasteiger partial charge < -0.3 is 24.1 Å². The Labute approximate surface area is 268 Å². The average molecular weight is 617 g/mol. The number of carbonyl (C=O) groups is 2. The summed E-state index contributed by atoms with van der Waals surface area (Å²) in [5.74, 6) is 3.32. The van der Waals surface area contributed by atoms with Crippen molar-refractivity contribution in [3.8, 4) is 28.5 Å². The van der Waals surface area contributed by atoms with Crippen LogP contribution in [-0.2, 0) is 24.9 Å². The Kier molecular flexibility index (Phi) is 6.88. The van der Waals surface area contributed by atoms with Gasteiger partial charge in [0.05, 0.1) is 24.0 Å². The molecule has 5 aromatic rings. The van der Waals surface area contributed by atoms with Crippen molar-refractivity contribution in [3.63, 3.8) is 0 Å². The van der Waals surface area contributed by atoms with E-state index in [0.717, 1.165) is 69.9 Å². The number of imidazole rings is 1. The van der Waals surface area contributed by atoms with E-state index in [2.05, 4.69) is 56.6 Å². The number of nitrogens with one attached hydrogen (secondary N) is 1. The molecule has 3 aromatic heterocycles. The monoisotopic (exact) mass is 616 g/mol. The molecule has 2 amide bonds. The van der Waals surface area contributed by atoms with E-state index in [1.807, 2.05) is 31.3 Å². The summed E-state index contributed by atoms with van der Waals surface area (Å²) < 4.78 is 10.3. The number of likely N-dealkylation sites (tertiary alicyclic amines) is 1. The summed E-state index contributed by atoms with van der Waals surface area (Å²) in [6, 6.07) is 18.7. The normalized spacial score (nSPS) is 20.6. The predicted molar refractivity (Wildman–Crippen MR) is 178 cm³/mol. The highest BCUT2D eigenvalue weighted by Crippen LogP contribution is 2.44. The number of fused-ring (bicyclic) bond motifs is 4. The van der Waals surface area contributed by atoms with Crippen LogP contribution in [0.15, 0.2) is 54.6 Å². The van der Waals surface area contributed by atoms with Crippen molar-refractivity contribution in [3.05, 3.63) is 65.7 Å². The fourth-order valence-electron chi connectivity index (χ4n) is 7.76. The van der Waals surface area contributed by atoms with Crippen molar-refractivity contribution in [1.82, 2.24) is 29.3 Å². The molecule has 8 rings (SSSR count). The molecule has 0 radical (unpaired) electrons. The Bertz CT molecular complexity index is 2000. The van der Waals surface area contributed by atoms with Crippen molar-refractivity contribution in [1.29, 1.82) is 0 Å². The molecule has 9 heteroatoms. The number of amides is 2. The van der Waals surface area contributed by atoms with Gasteiger partial charge >= 0.3 is 0 Å². The third kappa shape index (κ3) is 4.84. The molecule has 3 aliphatic rings. The summed E-state index contributed by atoms with van der Waals surface area (Å²) in [5.41, 5.74) is 7.20. The van der Waals surface area contributed by atoms with Crippen LogP contribution in [0.2, 0.25) is 0 Å². The van der Waals surface area contributed by atoms with Crippen LogP contribution >= 0.6 is 0 Å². The number of carbonyl (C=O) groups excluding carboxylic acids is 2. The van der Waals surface area contributed by atoms with Gasteiger partial charge in [0.1, 0.15) is 16.9 Å². The van der Waals surface area contributed by atoms with E-state index < -0.39 is 0 Å². The predicted octanol–water partition coefficient (Wildman–Crippen LogP) is 6.18. The number of pyridine rings is 1. The lowest BCUT2D eigenvalue weighted by atomic mass is 10.0. The molecule has 2 bridgehead atoms. The van der Waals surface area contributed by atoms with Crippen molar-refractivity contribution in [2.24, 2.45) is 24.8 Å². The van der Waals surface area contributed by atoms with Crippen LogP contribution in [0, 0.1) is 17.8 Å². The molecule has 2 saturated carbocycles. The Morgan fingerprint density at radius 1 is 1.00 bits per heavy atom. The van der Waals surface area contributed by atoms with E-state index in [4.69, 9.17) is 14.7 Å². The van der Waals surface area contributed by atoms with Crippen LogP contribution in [0.5, 0.6) is 5.75 Å². The van der Waals surface area contributed by atoms with E-state index in [9.17, 15) is 9.59 Å². The average Bonchev–Trinajstić information content (AvgIpc) is 3.47. The summed E-state index contributed by atoms with van der Waals surface area (Å²) in [6.07, 6.45) is 4.75. The molecule has 0 spiro atoms. The number of aryl methyl sites for hydroxylation is 1. The number of nitrogens with zero attached hydrogens (tertiary/aromatic N) is 5. The maximum absolute atomic E-state index is 13.8. The number of rotatable bonds is 8. The molecule has 1 saturated heterocycles. The van der Waals surface area contributed by atoms with Crippen LogP contribution in [0.3, 0.4) is 0 Å². The summed E-state index contributed by atoms with van der Waals surface area (Å²) in [7, 11) is 3.69. The second-order valence-corrected chi connectivity index (χ2v) is 13.6. The summed E-state index contributed by atoms with van der Waals surface area (Å²) in [5, 5.41) is 3.92. The van der Waals surface area contributed by atoms with Crippen LogP contribution in [0.25, 0.3) is 44.8 Å². The van der Waals surface area contributed by atoms with Gasteiger partial charge in [-0.15, -0.1) is 0 Å². The van der Waals surface area contributed by atoms with Crippen molar-refractivity contribution >= 4 is 33.9 Å². The molecule has 3 atom stereocenters. The van der Waals surface area contributed by atoms with Crippen molar-refractivity contribution < 1.29 is 14.3 Å². The highest BCUT2D eigenvalue weighted by atomic mass is 16.5. The number of ether oxygens (including phenoxy) is 1. The van der Waals surface area contributed by atoms with Crippen LogP contribution in [-0.4, -0.2) is 55.5 Å². The van der Waals surface area contributed by atoms with Gasteiger partial charge in [0, 0.05) is 56.2 Å². The largest absolute Gasteiger partial charge is 0.494 e. The van der Waals surface area contributed by atoms with Gasteiger partial charge in [-0.1, -0.05) is 31.2 Å². The number of hydrogen-bond donors (Lipinski definition) is 1. The first-order chi connectivity index (χ1) is 22.3. The van der Waals surface area contributed by atoms with Crippen LogP contribution in [0.4, 0.5) is 0 Å². The first kappa shape index (κ1) is 28.8. The minimum atomic E-state index is -0.0419. The SMILES string of the molecule is COc1cc(C(=O)N2CC3CCC2C3C)cc2nc(-c3cc4ccc(-c5ccc(CNC(C)=O)cc5)nc4n3CC3CC3)n(C)c12. The zero-order chi connectivity index (χ0) is 31.7. The number of benzene rings is 2. The Balaban J connectivity index is 1.18. The van der Waals surface area contributed by atoms with Gasteiger partial charge in [0.25, 0.3) is 5.91 Å². The topological polar surface area (TPSA) is 94.3 Å². The van der Waals surface area contributed by atoms with Gasteiger partial charge in [0.2, 0.25) is 5.91 Å². The lowest BCUT2D eigenvalue weighted by Crippen LogP contribution is -2.38. The quantitative estimate of drug-likeness (QED) is 0.225. The molecule has 4 heterocycles. The third-order valence-corrected chi connectivity index (χ3v) is 10.6. The number of piperidine rings is 1. The molecular weight excluding hydrogens is 576 g/mol. The van der Waals surface area contributed by atoms with Gasteiger partial charge in [-0.05, 0) is 79.3 Å². The number of hydrogen-bond acceptors (Lipinski definition) is 5. The third-order valence-electron chi connectivity index (χ3n) is 10.6. The van der Waals surface area contributed by atoms with Gasteiger partial charge in [-0.25, -0.2) is 9.97 Å². The van der Waals surface area contributed by atoms with E-state index in [0.29, 0.717) is 41.7 Å². The molecule has 1 aliphatic heterocycles. The molecule has 2 aliphatic carbocycles. The maximum Gasteiger partial charge on any atom is 0.254 e. The van der Waals surface area contributed by atoms with E-state index in [1.165, 1.54) is 26.2 Å². The summed E-state index contributed by atoms with van der Waals surface area (Å²) in [4.78, 5) is 37.5. The van der Waals surface area contributed by atoms with Gasteiger partial charge in [0.15, 0.2) is 5.82 Å². The molecule has 1 N–H and O–H groups in total. The second kappa shape index (κ2) is 11.0. The highest BCUT2D eigenvalue weighted by molar-refractivity contribution is 6.00.